The minimum Gasteiger partial charge on any atom is -0.497 e. The van der Waals surface area contributed by atoms with Crippen LogP contribution in [0.3, 0.4) is 0 Å². The van der Waals surface area contributed by atoms with E-state index in [1.54, 1.807) is 22.8 Å². The summed E-state index contributed by atoms with van der Waals surface area (Å²) < 4.78 is 7.02. The van der Waals surface area contributed by atoms with Gasteiger partial charge in [0.25, 0.3) is 0 Å². The Balaban J connectivity index is 1.53. The number of hydrogen-bond donors (Lipinski definition) is 1. The van der Waals surface area contributed by atoms with Gasteiger partial charge in [-0.15, -0.1) is 16.4 Å². The Morgan fingerprint density at radius 2 is 1.94 bits per heavy atom. The van der Waals surface area contributed by atoms with E-state index in [1.807, 2.05) is 60.0 Å². The zero-order valence-corrected chi connectivity index (χ0v) is 21.0. The molecule has 0 bridgehead atoms. The average Bonchev–Trinajstić information content (AvgIpc) is 3.58. The summed E-state index contributed by atoms with van der Waals surface area (Å²) in [5.41, 5.74) is 2.06. The van der Waals surface area contributed by atoms with Gasteiger partial charge in [0.2, 0.25) is 11.8 Å². The number of carbonyl (C=O) groups excluding carboxylic acids is 2. The highest BCUT2D eigenvalue weighted by molar-refractivity contribution is 7.10. The number of thiophene rings is 1. The smallest absolute Gasteiger partial charge is 0.249 e. The molecule has 0 radical (unpaired) electrons. The summed E-state index contributed by atoms with van der Waals surface area (Å²) in [4.78, 5) is 30.2. The molecule has 186 valence electrons. The highest BCUT2D eigenvalue weighted by Crippen LogP contribution is 2.33. The molecule has 1 fully saturated rings. The number of hydrogen-bond acceptors (Lipinski definition) is 6. The standard InChI is InChI=1S/C27H29N5O3S/c1-35-21-12-7-11-20(17-21)32(25(33)18-31-23-14-6-5-13-22(23)29-30-31)26(24-15-8-16-36-24)27(34)28-19-9-3-2-4-10-19/h5-8,11-17,19,26H,2-4,9-10,18H2,1H3,(H,28,34)/t26-/m0/s1. The Bertz CT molecular complexity index is 1330. The van der Waals surface area contributed by atoms with Gasteiger partial charge in [0.1, 0.15) is 23.9 Å². The van der Waals surface area contributed by atoms with Crippen molar-refractivity contribution in [3.05, 3.63) is 70.9 Å². The van der Waals surface area contributed by atoms with E-state index in [1.165, 1.54) is 17.8 Å². The van der Waals surface area contributed by atoms with Gasteiger partial charge < -0.3 is 10.1 Å². The quantitative estimate of drug-likeness (QED) is 0.376. The lowest BCUT2D eigenvalue weighted by atomic mass is 9.95. The first-order valence-electron chi connectivity index (χ1n) is 12.2. The lowest BCUT2D eigenvalue weighted by Gasteiger charge is -2.33. The number of nitrogens with zero attached hydrogens (tertiary/aromatic N) is 4. The molecule has 4 aromatic rings. The molecule has 8 nitrogen and oxygen atoms in total. The first-order valence-corrected chi connectivity index (χ1v) is 13.1. The number of carbonyl (C=O) groups is 2. The monoisotopic (exact) mass is 503 g/mol. The second-order valence-electron chi connectivity index (χ2n) is 8.96. The van der Waals surface area contributed by atoms with Crippen molar-refractivity contribution in [2.45, 2.75) is 50.7 Å². The van der Waals surface area contributed by atoms with Crippen molar-refractivity contribution in [1.29, 1.82) is 0 Å². The molecule has 2 aromatic heterocycles. The van der Waals surface area contributed by atoms with Crippen molar-refractivity contribution in [3.63, 3.8) is 0 Å². The fourth-order valence-corrected chi connectivity index (χ4v) is 5.60. The fourth-order valence-electron chi connectivity index (χ4n) is 4.78. The number of rotatable bonds is 8. The molecule has 9 heteroatoms. The molecule has 0 unspecified atom stereocenters. The van der Waals surface area contributed by atoms with Crippen LogP contribution in [0.1, 0.15) is 43.0 Å². The number of aromatic nitrogens is 3. The second kappa shape index (κ2) is 10.9. The number of nitrogens with one attached hydrogen (secondary N) is 1. The van der Waals surface area contributed by atoms with Gasteiger partial charge in [-0.1, -0.05) is 48.7 Å². The predicted octanol–water partition coefficient (Wildman–Crippen LogP) is 4.72. The topological polar surface area (TPSA) is 89.3 Å². The lowest BCUT2D eigenvalue weighted by molar-refractivity contribution is -0.127. The zero-order chi connectivity index (χ0) is 24.9. The fraction of sp³-hybridized carbons (Fsp3) is 0.333. The van der Waals surface area contributed by atoms with Crippen LogP contribution in [0.25, 0.3) is 11.0 Å². The van der Waals surface area contributed by atoms with Crippen molar-refractivity contribution in [2.75, 3.05) is 12.0 Å². The Kier molecular flexibility index (Phi) is 7.27. The van der Waals surface area contributed by atoms with Crippen LogP contribution in [0, 0.1) is 0 Å². The van der Waals surface area contributed by atoms with Crippen LogP contribution in [-0.4, -0.2) is 40.0 Å². The number of benzene rings is 2. The third-order valence-electron chi connectivity index (χ3n) is 6.58. The Labute approximate surface area is 213 Å². The van der Waals surface area contributed by atoms with E-state index in [0.29, 0.717) is 17.0 Å². The van der Waals surface area contributed by atoms with E-state index in [4.69, 9.17) is 4.74 Å². The highest BCUT2D eigenvalue weighted by atomic mass is 32.1. The van der Waals surface area contributed by atoms with E-state index in [9.17, 15) is 9.59 Å². The molecule has 5 rings (SSSR count). The first-order chi connectivity index (χ1) is 17.6. The number of ether oxygens (including phenoxy) is 1. The van der Waals surface area contributed by atoms with Crippen LogP contribution >= 0.6 is 11.3 Å². The van der Waals surface area contributed by atoms with Crippen molar-refractivity contribution in [3.8, 4) is 5.75 Å². The second-order valence-corrected chi connectivity index (χ2v) is 9.94. The van der Waals surface area contributed by atoms with Crippen LogP contribution in [-0.2, 0) is 16.1 Å². The maximum Gasteiger partial charge on any atom is 0.249 e. The molecular formula is C27H29N5O3S. The number of methoxy groups -OCH3 is 1. The van der Waals surface area contributed by atoms with Gasteiger partial charge >= 0.3 is 0 Å². The molecule has 2 aromatic carbocycles. The van der Waals surface area contributed by atoms with Gasteiger partial charge in [0, 0.05) is 22.7 Å². The molecule has 36 heavy (non-hydrogen) atoms. The van der Waals surface area contributed by atoms with Crippen LogP contribution in [0.2, 0.25) is 0 Å². The lowest BCUT2D eigenvalue weighted by Crippen LogP contribution is -2.48. The van der Waals surface area contributed by atoms with E-state index in [2.05, 4.69) is 15.6 Å². The summed E-state index contributed by atoms with van der Waals surface area (Å²) in [6.07, 6.45) is 5.32. The van der Waals surface area contributed by atoms with E-state index >= 15 is 0 Å². The number of fused-ring (bicyclic) bond motifs is 1. The summed E-state index contributed by atoms with van der Waals surface area (Å²) in [5, 5.41) is 13.5. The third-order valence-corrected chi connectivity index (χ3v) is 7.50. The summed E-state index contributed by atoms with van der Waals surface area (Å²) in [6, 6.07) is 17.9. The zero-order valence-electron chi connectivity index (χ0n) is 20.2. The Hall–Kier alpha value is -3.72. The molecule has 1 N–H and O–H groups in total. The molecule has 1 atom stereocenters. The van der Waals surface area contributed by atoms with Gasteiger partial charge in [0.15, 0.2) is 0 Å². The van der Waals surface area contributed by atoms with Crippen LogP contribution in [0.5, 0.6) is 5.75 Å². The van der Waals surface area contributed by atoms with Crippen LogP contribution < -0.4 is 15.0 Å². The van der Waals surface area contributed by atoms with Crippen molar-refractivity contribution in [2.24, 2.45) is 0 Å². The molecule has 2 heterocycles. The Morgan fingerprint density at radius 3 is 2.72 bits per heavy atom. The summed E-state index contributed by atoms with van der Waals surface area (Å²) in [7, 11) is 1.58. The van der Waals surface area contributed by atoms with Crippen molar-refractivity contribution >= 4 is 39.9 Å². The van der Waals surface area contributed by atoms with Gasteiger partial charge in [-0.2, -0.15) is 0 Å². The van der Waals surface area contributed by atoms with Crippen LogP contribution in [0.4, 0.5) is 5.69 Å². The molecule has 0 aliphatic heterocycles. The number of amides is 2. The largest absolute Gasteiger partial charge is 0.497 e. The minimum absolute atomic E-state index is 0.0592. The Morgan fingerprint density at radius 1 is 1.11 bits per heavy atom. The molecule has 1 saturated carbocycles. The van der Waals surface area contributed by atoms with E-state index < -0.39 is 6.04 Å². The van der Waals surface area contributed by atoms with Gasteiger partial charge in [-0.3, -0.25) is 14.5 Å². The summed E-state index contributed by atoms with van der Waals surface area (Å²) in [6.45, 7) is -0.0592. The molecular weight excluding hydrogens is 474 g/mol. The minimum atomic E-state index is -0.818. The van der Waals surface area contributed by atoms with Gasteiger partial charge in [0.05, 0.1) is 12.6 Å². The van der Waals surface area contributed by atoms with E-state index in [0.717, 1.165) is 36.1 Å². The molecule has 2 amide bonds. The molecule has 0 saturated heterocycles. The van der Waals surface area contributed by atoms with Gasteiger partial charge in [-0.05, 0) is 48.6 Å². The van der Waals surface area contributed by atoms with E-state index in [-0.39, 0.29) is 24.4 Å². The number of para-hydroxylation sites is 1. The van der Waals surface area contributed by atoms with Gasteiger partial charge in [-0.25, -0.2) is 4.68 Å². The maximum absolute atomic E-state index is 14.0. The first kappa shape index (κ1) is 24.0. The predicted molar refractivity (Wildman–Crippen MR) is 140 cm³/mol. The third kappa shape index (κ3) is 5.11. The number of anilines is 1. The highest BCUT2D eigenvalue weighted by Gasteiger charge is 2.35. The molecule has 0 spiro atoms. The molecule has 1 aliphatic rings. The average molecular weight is 504 g/mol. The normalized spacial score (nSPS) is 14.9. The van der Waals surface area contributed by atoms with Crippen molar-refractivity contribution in [1.82, 2.24) is 20.3 Å². The molecule has 1 aliphatic carbocycles. The SMILES string of the molecule is COc1cccc(N(C(=O)Cn2nnc3ccccc32)[C@H](C(=O)NC2CCCCC2)c2cccs2)c1. The maximum atomic E-state index is 14.0. The van der Waals surface area contributed by atoms with Crippen LogP contribution in [0.15, 0.2) is 66.0 Å². The van der Waals surface area contributed by atoms with Crippen molar-refractivity contribution < 1.29 is 14.3 Å². The summed E-state index contributed by atoms with van der Waals surface area (Å²) in [5.74, 6) is 0.161. The summed E-state index contributed by atoms with van der Waals surface area (Å²) >= 11 is 1.46.